The number of ether oxygens (including phenoxy) is 1. The SMILES string of the molecule is COc1ccc(-c2nc(Br)c(CCO)n2C)cc1. The van der Waals surface area contributed by atoms with Gasteiger partial charge in [0, 0.05) is 25.6 Å². The molecule has 1 aromatic heterocycles. The van der Waals surface area contributed by atoms with Crippen molar-refractivity contribution in [3.05, 3.63) is 34.6 Å². The lowest BCUT2D eigenvalue weighted by atomic mass is 10.2. The Hall–Kier alpha value is -1.33. The molecular formula is C13H15BrN2O2. The third-order valence-electron chi connectivity index (χ3n) is 2.86. The number of rotatable bonds is 4. The van der Waals surface area contributed by atoms with E-state index >= 15 is 0 Å². The van der Waals surface area contributed by atoms with Crippen LogP contribution >= 0.6 is 15.9 Å². The van der Waals surface area contributed by atoms with Gasteiger partial charge in [-0.3, -0.25) is 0 Å². The van der Waals surface area contributed by atoms with Gasteiger partial charge < -0.3 is 14.4 Å². The average Bonchev–Trinajstić information content (AvgIpc) is 2.67. The molecule has 96 valence electrons. The lowest BCUT2D eigenvalue weighted by Crippen LogP contribution is -2.01. The number of hydrogen-bond acceptors (Lipinski definition) is 3. The molecule has 0 saturated carbocycles. The standard InChI is InChI=1S/C13H15BrN2O2/c1-16-11(7-8-17)12(14)15-13(16)9-3-5-10(18-2)6-4-9/h3-6,17H,7-8H2,1-2H3. The molecule has 0 spiro atoms. The average molecular weight is 311 g/mol. The lowest BCUT2D eigenvalue weighted by molar-refractivity contribution is 0.296. The smallest absolute Gasteiger partial charge is 0.141 e. The van der Waals surface area contributed by atoms with Crippen molar-refractivity contribution in [3.63, 3.8) is 0 Å². The van der Waals surface area contributed by atoms with Crippen molar-refractivity contribution < 1.29 is 9.84 Å². The Kier molecular flexibility index (Phi) is 4.04. The number of benzene rings is 1. The molecule has 0 atom stereocenters. The molecular weight excluding hydrogens is 296 g/mol. The molecule has 0 aliphatic carbocycles. The Labute approximate surface area is 114 Å². The molecule has 0 saturated heterocycles. The van der Waals surface area contributed by atoms with Gasteiger partial charge in [-0.2, -0.15) is 0 Å². The van der Waals surface area contributed by atoms with Gasteiger partial charge in [-0.1, -0.05) is 0 Å². The van der Waals surface area contributed by atoms with E-state index in [0.717, 1.165) is 27.4 Å². The van der Waals surface area contributed by atoms with Crippen LogP contribution in [0.15, 0.2) is 28.9 Å². The van der Waals surface area contributed by atoms with E-state index in [0.29, 0.717) is 6.42 Å². The van der Waals surface area contributed by atoms with Crippen molar-refractivity contribution in [3.8, 4) is 17.1 Å². The minimum Gasteiger partial charge on any atom is -0.497 e. The van der Waals surface area contributed by atoms with E-state index in [-0.39, 0.29) is 6.61 Å². The monoisotopic (exact) mass is 310 g/mol. The van der Waals surface area contributed by atoms with Crippen LogP contribution in [-0.4, -0.2) is 28.4 Å². The number of aliphatic hydroxyl groups excluding tert-OH is 1. The number of hydrogen-bond donors (Lipinski definition) is 1. The summed E-state index contributed by atoms with van der Waals surface area (Å²) in [6, 6.07) is 7.75. The number of methoxy groups -OCH3 is 1. The summed E-state index contributed by atoms with van der Waals surface area (Å²) in [5.41, 5.74) is 2.01. The van der Waals surface area contributed by atoms with E-state index < -0.39 is 0 Å². The summed E-state index contributed by atoms with van der Waals surface area (Å²) in [6.45, 7) is 0.111. The van der Waals surface area contributed by atoms with Crippen molar-refractivity contribution >= 4 is 15.9 Å². The molecule has 1 N–H and O–H groups in total. The van der Waals surface area contributed by atoms with E-state index in [1.165, 1.54) is 0 Å². The fourth-order valence-electron chi connectivity index (χ4n) is 1.87. The molecule has 0 unspecified atom stereocenters. The maximum Gasteiger partial charge on any atom is 0.141 e. The molecule has 0 amide bonds. The molecule has 0 aliphatic heterocycles. The molecule has 18 heavy (non-hydrogen) atoms. The minimum atomic E-state index is 0.111. The second-order valence-electron chi connectivity index (χ2n) is 3.93. The fourth-order valence-corrected chi connectivity index (χ4v) is 2.51. The molecule has 0 bridgehead atoms. The zero-order valence-electron chi connectivity index (χ0n) is 10.4. The van der Waals surface area contributed by atoms with Gasteiger partial charge in [0.15, 0.2) is 0 Å². The van der Waals surface area contributed by atoms with Crippen molar-refractivity contribution in [1.29, 1.82) is 0 Å². The number of nitrogens with zero attached hydrogens (tertiary/aromatic N) is 2. The Balaban J connectivity index is 2.40. The predicted molar refractivity (Wildman–Crippen MR) is 73.7 cm³/mol. The zero-order valence-corrected chi connectivity index (χ0v) is 11.9. The van der Waals surface area contributed by atoms with Crippen LogP contribution < -0.4 is 4.74 Å². The number of aromatic nitrogens is 2. The van der Waals surface area contributed by atoms with E-state index in [2.05, 4.69) is 20.9 Å². The number of halogens is 1. The fraction of sp³-hybridized carbons (Fsp3) is 0.308. The molecule has 0 fully saturated rings. The Morgan fingerprint density at radius 3 is 2.56 bits per heavy atom. The molecule has 1 heterocycles. The van der Waals surface area contributed by atoms with E-state index in [9.17, 15) is 0 Å². The molecule has 2 aromatic rings. The van der Waals surface area contributed by atoms with Crippen LogP contribution in [0.1, 0.15) is 5.69 Å². The van der Waals surface area contributed by atoms with Gasteiger partial charge in [0.2, 0.25) is 0 Å². The third kappa shape index (κ3) is 2.42. The van der Waals surface area contributed by atoms with Crippen molar-refractivity contribution in [2.75, 3.05) is 13.7 Å². The topological polar surface area (TPSA) is 47.3 Å². The summed E-state index contributed by atoms with van der Waals surface area (Å²) < 4.78 is 7.90. The van der Waals surface area contributed by atoms with Gasteiger partial charge in [-0.25, -0.2) is 4.98 Å². The summed E-state index contributed by atoms with van der Waals surface area (Å²) in [6.07, 6.45) is 0.584. The first-order valence-electron chi connectivity index (χ1n) is 5.63. The Bertz CT molecular complexity index is 535. The van der Waals surface area contributed by atoms with Crippen LogP contribution in [0, 0.1) is 0 Å². The predicted octanol–water partition coefficient (Wildman–Crippen LogP) is 2.39. The van der Waals surface area contributed by atoms with Crippen LogP contribution in [0.25, 0.3) is 11.4 Å². The van der Waals surface area contributed by atoms with E-state index in [1.807, 2.05) is 35.9 Å². The van der Waals surface area contributed by atoms with Crippen LogP contribution in [-0.2, 0) is 13.5 Å². The molecule has 0 aliphatic rings. The Morgan fingerprint density at radius 2 is 2.00 bits per heavy atom. The zero-order chi connectivity index (χ0) is 13.1. The molecule has 5 heteroatoms. The van der Waals surface area contributed by atoms with E-state index in [4.69, 9.17) is 9.84 Å². The van der Waals surface area contributed by atoms with Crippen molar-refractivity contribution in [1.82, 2.24) is 9.55 Å². The van der Waals surface area contributed by atoms with Gasteiger partial charge in [-0.15, -0.1) is 0 Å². The first-order chi connectivity index (χ1) is 8.67. The van der Waals surface area contributed by atoms with Gasteiger partial charge in [0.1, 0.15) is 16.2 Å². The van der Waals surface area contributed by atoms with Crippen LogP contribution in [0.3, 0.4) is 0 Å². The van der Waals surface area contributed by atoms with Crippen molar-refractivity contribution in [2.45, 2.75) is 6.42 Å². The van der Waals surface area contributed by atoms with E-state index in [1.54, 1.807) is 7.11 Å². The highest BCUT2D eigenvalue weighted by atomic mass is 79.9. The van der Waals surface area contributed by atoms with Gasteiger partial charge >= 0.3 is 0 Å². The largest absolute Gasteiger partial charge is 0.497 e. The Morgan fingerprint density at radius 1 is 1.33 bits per heavy atom. The summed E-state index contributed by atoms with van der Waals surface area (Å²) in [5.74, 6) is 1.69. The third-order valence-corrected chi connectivity index (χ3v) is 3.50. The summed E-state index contributed by atoms with van der Waals surface area (Å²) in [7, 11) is 3.59. The van der Waals surface area contributed by atoms with Crippen molar-refractivity contribution in [2.24, 2.45) is 7.05 Å². The van der Waals surface area contributed by atoms with Crippen LogP contribution in [0.5, 0.6) is 5.75 Å². The summed E-state index contributed by atoms with van der Waals surface area (Å²) >= 11 is 3.43. The highest BCUT2D eigenvalue weighted by Crippen LogP contribution is 2.26. The molecule has 0 radical (unpaired) electrons. The summed E-state index contributed by atoms with van der Waals surface area (Å²) in [4.78, 5) is 4.48. The second-order valence-corrected chi connectivity index (χ2v) is 4.69. The quantitative estimate of drug-likeness (QED) is 0.943. The van der Waals surface area contributed by atoms with Gasteiger partial charge in [0.05, 0.1) is 12.8 Å². The normalized spacial score (nSPS) is 10.7. The van der Waals surface area contributed by atoms with Gasteiger partial charge in [-0.05, 0) is 40.2 Å². The first kappa shape index (κ1) is 13.1. The molecule has 4 nitrogen and oxygen atoms in total. The maximum absolute atomic E-state index is 9.04. The second kappa shape index (κ2) is 5.54. The van der Waals surface area contributed by atoms with Gasteiger partial charge in [0.25, 0.3) is 0 Å². The number of imidazole rings is 1. The number of aliphatic hydroxyl groups is 1. The van der Waals surface area contributed by atoms with Crippen LogP contribution in [0.4, 0.5) is 0 Å². The molecule has 2 rings (SSSR count). The maximum atomic E-state index is 9.04. The first-order valence-corrected chi connectivity index (χ1v) is 6.43. The highest BCUT2D eigenvalue weighted by molar-refractivity contribution is 9.10. The summed E-state index contributed by atoms with van der Waals surface area (Å²) in [5, 5.41) is 9.04. The highest BCUT2D eigenvalue weighted by Gasteiger charge is 2.13. The lowest BCUT2D eigenvalue weighted by Gasteiger charge is -2.06. The molecule has 1 aromatic carbocycles. The minimum absolute atomic E-state index is 0.111. The van der Waals surface area contributed by atoms with Crippen LogP contribution in [0.2, 0.25) is 0 Å².